The minimum atomic E-state index is 0.279. The van der Waals surface area contributed by atoms with Crippen molar-refractivity contribution in [3.05, 3.63) is 300 Å². The van der Waals surface area contributed by atoms with Gasteiger partial charge in [0.2, 0.25) is 0 Å². The lowest BCUT2D eigenvalue weighted by molar-refractivity contribution is 0.563. The molecule has 2 aliphatic rings. The maximum Gasteiger partial charge on any atom is 0.0494 e. The van der Waals surface area contributed by atoms with Crippen molar-refractivity contribution in [2.24, 2.45) is 5.92 Å². The molecule has 0 bridgehead atoms. The van der Waals surface area contributed by atoms with Gasteiger partial charge in [0.05, 0.1) is 0 Å². The van der Waals surface area contributed by atoms with E-state index in [0.717, 1.165) is 38.5 Å². The summed E-state index contributed by atoms with van der Waals surface area (Å²) in [4.78, 5) is 0. The molecule has 1 nitrogen and oxygen atoms in total. The van der Waals surface area contributed by atoms with Gasteiger partial charge in [-0.25, -0.2) is 0 Å². The van der Waals surface area contributed by atoms with Crippen LogP contribution in [-0.2, 0) is 25.7 Å². The van der Waals surface area contributed by atoms with Gasteiger partial charge < -0.3 is 4.57 Å². The third kappa shape index (κ3) is 20.1. The van der Waals surface area contributed by atoms with Gasteiger partial charge in [-0.1, -0.05) is 427 Å². The van der Waals surface area contributed by atoms with E-state index in [0.29, 0.717) is 6.04 Å². The van der Waals surface area contributed by atoms with Gasteiger partial charge >= 0.3 is 0 Å². The van der Waals surface area contributed by atoms with Crippen molar-refractivity contribution in [3.63, 3.8) is 0 Å². The second-order valence-corrected chi connectivity index (χ2v) is 38.0. The van der Waals surface area contributed by atoms with Crippen LogP contribution in [0.1, 0.15) is 299 Å². The zero-order chi connectivity index (χ0) is 85.2. The number of hydrogen-bond acceptors (Lipinski definition) is 0. The molecule has 640 valence electrons. The molecule has 0 fully saturated rings. The number of nitrogens with zero attached hydrogens (tertiary/aromatic N) is 1. The van der Waals surface area contributed by atoms with Crippen LogP contribution in [0.25, 0.3) is 153 Å². The van der Waals surface area contributed by atoms with Crippen molar-refractivity contribution in [2.75, 3.05) is 0 Å². The van der Waals surface area contributed by atoms with Crippen molar-refractivity contribution < 1.29 is 0 Å². The lowest BCUT2D eigenvalue weighted by Crippen LogP contribution is -2.09. The van der Waals surface area contributed by atoms with E-state index in [-0.39, 0.29) is 5.92 Å². The van der Waals surface area contributed by atoms with Gasteiger partial charge in [-0.3, -0.25) is 0 Å². The Labute approximate surface area is 749 Å². The molecule has 15 aromatic rings. The summed E-state index contributed by atoms with van der Waals surface area (Å²) in [6.07, 6.45) is 61.6. The standard InChI is InChI=1S/C124H139N/c1-7-12-16-20-24-28-32-36-44-89-54-72-111-115(76-89)121(105-64-56-93-48-40-42-50-95(93)82-105)109-70-52-91(46-38-34-30-26-22-18-14-9-3)78-117(109)123(111)107-66-62-97-80-99(58-60-101(97)84-107)103-68-74-119-113(86-103)114-87-104(69-75-120(114)125(119)88(6)11-5)100-59-61-102-85-108(67-63-98(102)81-100)124-112-73-55-90(45-37-33-29-25-21-17-13-8-2)77-116(112)122(106-65-57-94-49-41-43-51-96(94)83-106)110-71-53-92(79-118(110)124)47-39-35-31-27-23-19-15-10-4/h40-43,48-80,82-88,98H,7-39,44-47,81H2,1-6H3. The second kappa shape index (κ2) is 42.3. The van der Waals surface area contributed by atoms with E-state index in [2.05, 4.69) is 307 Å². The van der Waals surface area contributed by atoms with Crippen molar-refractivity contribution in [1.29, 1.82) is 0 Å². The predicted octanol–water partition coefficient (Wildman–Crippen LogP) is 38.2. The molecule has 14 aromatic carbocycles. The highest BCUT2D eigenvalue weighted by Crippen LogP contribution is 2.50. The fourth-order valence-corrected chi connectivity index (χ4v) is 21.6. The zero-order valence-electron chi connectivity index (χ0n) is 76.8. The van der Waals surface area contributed by atoms with Gasteiger partial charge in [0.1, 0.15) is 0 Å². The van der Waals surface area contributed by atoms with Crippen LogP contribution in [0.2, 0.25) is 0 Å². The van der Waals surface area contributed by atoms with Crippen LogP contribution >= 0.6 is 0 Å². The molecular weight excluding hydrogens is 1500 g/mol. The highest BCUT2D eigenvalue weighted by molar-refractivity contribution is 6.23. The number of benzene rings is 14. The first-order valence-corrected chi connectivity index (χ1v) is 50.2. The molecule has 0 spiro atoms. The summed E-state index contributed by atoms with van der Waals surface area (Å²) in [6, 6.07) is 92.4. The maximum absolute atomic E-state index is 2.63. The van der Waals surface area contributed by atoms with Crippen LogP contribution in [0, 0.1) is 5.92 Å². The Bertz CT molecular complexity index is 6410. The van der Waals surface area contributed by atoms with E-state index in [1.54, 1.807) is 0 Å². The molecule has 2 atom stereocenters. The summed E-state index contributed by atoms with van der Waals surface area (Å²) < 4.78 is 2.63. The van der Waals surface area contributed by atoms with E-state index in [9.17, 15) is 0 Å². The highest BCUT2D eigenvalue weighted by atomic mass is 15.0. The fourth-order valence-electron chi connectivity index (χ4n) is 21.6. The van der Waals surface area contributed by atoms with E-state index in [4.69, 9.17) is 0 Å². The molecule has 0 aliphatic heterocycles. The molecule has 1 aromatic heterocycles. The molecule has 2 aliphatic carbocycles. The van der Waals surface area contributed by atoms with Gasteiger partial charge in [-0.2, -0.15) is 0 Å². The average Bonchev–Trinajstić information content (AvgIpc) is 1.54. The summed E-state index contributed by atoms with van der Waals surface area (Å²) in [5.41, 5.74) is 25.8. The smallest absolute Gasteiger partial charge is 0.0494 e. The first kappa shape index (κ1) is 86.8. The first-order valence-electron chi connectivity index (χ1n) is 50.2. The van der Waals surface area contributed by atoms with Gasteiger partial charge in [-0.15, -0.1) is 0 Å². The summed E-state index contributed by atoms with van der Waals surface area (Å²) in [5.74, 6) is 0.279. The fraction of sp³-hybridized carbons (Fsp3) is 0.371. The minimum Gasteiger partial charge on any atom is -0.338 e. The molecule has 0 N–H and O–H groups in total. The van der Waals surface area contributed by atoms with Crippen LogP contribution in [0.4, 0.5) is 0 Å². The summed E-state index contributed by atoms with van der Waals surface area (Å²) >= 11 is 0. The molecule has 0 amide bonds. The lowest BCUT2D eigenvalue weighted by Gasteiger charge is -2.26. The average molecular weight is 1640 g/mol. The van der Waals surface area contributed by atoms with Crippen molar-refractivity contribution in [2.45, 2.75) is 292 Å². The predicted molar refractivity (Wildman–Crippen MR) is 552 cm³/mol. The van der Waals surface area contributed by atoms with E-state index < -0.39 is 0 Å². The highest BCUT2D eigenvalue weighted by Gasteiger charge is 2.27. The molecule has 2 unspecified atom stereocenters. The minimum absolute atomic E-state index is 0.279. The Morgan fingerprint density at radius 2 is 0.592 bits per heavy atom. The van der Waals surface area contributed by atoms with Gasteiger partial charge in [-0.05, 0) is 290 Å². The van der Waals surface area contributed by atoms with Crippen molar-refractivity contribution in [3.8, 4) is 44.5 Å². The summed E-state index contributed by atoms with van der Waals surface area (Å²) in [7, 11) is 0. The summed E-state index contributed by atoms with van der Waals surface area (Å²) in [6.45, 7) is 14.0. The van der Waals surface area contributed by atoms with E-state index in [1.807, 2.05) is 0 Å². The van der Waals surface area contributed by atoms with E-state index in [1.165, 1.54) is 397 Å². The maximum atomic E-state index is 2.63. The Hall–Kier alpha value is -10.3. The van der Waals surface area contributed by atoms with Crippen LogP contribution in [0.15, 0.2) is 266 Å². The number of allylic oxidation sites excluding steroid dienone is 8. The van der Waals surface area contributed by atoms with Gasteiger partial charge in [0, 0.05) is 33.8 Å². The van der Waals surface area contributed by atoms with Gasteiger partial charge in [0.25, 0.3) is 0 Å². The van der Waals surface area contributed by atoms with Crippen LogP contribution in [0.5, 0.6) is 0 Å². The molecule has 0 radical (unpaired) electrons. The SMILES string of the molecule is CCCCCCCCCCc1ccc2c(-c3ccc4ccccc4c3)c3cc(CCCCCCCCCC)ccc3c(C3=CC4=CC=C(c5ccc6c(c5)c5cc(-c7ccc8cc(-c9c%10ccc(CCCCCCCCCC)cc%10c(-c%10ccc%11ccccc%11c%10)c%10ccc(CCCCCCCCCC)cc9%10)ccc8c7)ccc5n6C(C)CC)CC4C=C3)c2c1. The number of rotatable bonds is 44. The quantitative estimate of drug-likeness (QED) is 0.0265. The number of aryl methyl sites for hydroxylation is 4. The summed E-state index contributed by atoms with van der Waals surface area (Å²) in [5, 5.41) is 21.3. The molecular formula is C124H139N. The van der Waals surface area contributed by atoms with Crippen molar-refractivity contribution in [1.82, 2.24) is 4.57 Å². The molecule has 1 heterocycles. The molecule has 0 saturated heterocycles. The third-order valence-electron chi connectivity index (χ3n) is 29.0. The molecule has 125 heavy (non-hydrogen) atoms. The molecule has 1 heteroatoms. The normalized spacial score (nSPS) is 13.9. The number of hydrogen-bond donors (Lipinski definition) is 0. The lowest BCUT2D eigenvalue weighted by atomic mass is 9.78. The van der Waals surface area contributed by atoms with Crippen LogP contribution in [0.3, 0.4) is 0 Å². The first-order chi connectivity index (χ1) is 61.7. The van der Waals surface area contributed by atoms with Crippen LogP contribution in [-0.4, -0.2) is 4.57 Å². The molecule has 0 saturated carbocycles. The number of fused-ring (bicyclic) bond motifs is 11. The van der Waals surface area contributed by atoms with Crippen LogP contribution < -0.4 is 0 Å². The number of unbranched alkanes of at least 4 members (excludes halogenated alkanes) is 28. The Morgan fingerprint density at radius 3 is 1.00 bits per heavy atom. The third-order valence-corrected chi connectivity index (χ3v) is 29.0. The topological polar surface area (TPSA) is 4.93 Å². The van der Waals surface area contributed by atoms with Crippen molar-refractivity contribution >= 4 is 108 Å². The molecule has 17 rings (SSSR count). The second-order valence-electron chi connectivity index (χ2n) is 38.0. The number of aromatic nitrogens is 1. The monoisotopic (exact) mass is 1640 g/mol. The Kier molecular flexibility index (Phi) is 29.4. The van der Waals surface area contributed by atoms with Gasteiger partial charge in [0.15, 0.2) is 0 Å². The zero-order valence-corrected chi connectivity index (χ0v) is 76.8. The Balaban J connectivity index is 0.704. The van der Waals surface area contributed by atoms with E-state index >= 15 is 0 Å². The largest absolute Gasteiger partial charge is 0.338 e. The Morgan fingerprint density at radius 1 is 0.272 bits per heavy atom.